The summed E-state index contributed by atoms with van der Waals surface area (Å²) >= 11 is 1.09. The normalized spacial score (nSPS) is 12.0. The molecule has 0 fully saturated rings. The van der Waals surface area contributed by atoms with Crippen molar-refractivity contribution in [1.29, 1.82) is 0 Å². The van der Waals surface area contributed by atoms with E-state index in [0.717, 1.165) is 27.6 Å². The minimum Gasteiger partial charge on any atom is -0.344 e. The number of nitrogens with two attached hydrogens (primary N) is 1. The molecule has 0 saturated carbocycles. The van der Waals surface area contributed by atoms with Gasteiger partial charge in [0.05, 0.1) is 11.3 Å². The molecule has 0 aliphatic heterocycles. The van der Waals surface area contributed by atoms with Gasteiger partial charge in [-0.25, -0.2) is 0 Å². The van der Waals surface area contributed by atoms with Gasteiger partial charge in [0.2, 0.25) is 11.1 Å². The first-order valence-corrected chi connectivity index (χ1v) is 9.63. The molecule has 3 N–H and O–H groups in total. The smallest absolute Gasteiger partial charge is 0.294 e. The van der Waals surface area contributed by atoms with E-state index < -0.39 is 10.8 Å². The molecule has 1 heterocycles. The fraction of sp³-hybridized carbons (Fsp3) is 0.200. The van der Waals surface area contributed by atoms with Gasteiger partial charge in [-0.3, -0.25) is 9.59 Å². The number of thioether (sulfide) groups is 1. The number of hydrogen-bond donors (Lipinski definition) is 2. The third-order valence-electron chi connectivity index (χ3n) is 4.22. The Bertz CT molecular complexity index is 969. The van der Waals surface area contributed by atoms with Crippen LogP contribution in [-0.2, 0) is 4.79 Å². The van der Waals surface area contributed by atoms with E-state index in [1.165, 1.54) is 6.92 Å². The molecular formula is C20H21N5O2S. The minimum atomic E-state index is -0.527. The van der Waals surface area contributed by atoms with Crippen molar-refractivity contribution in [3.8, 4) is 0 Å². The number of nitrogen functional groups attached to an aromatic ring is 1. The van der Waals surface area contributed by atoms with E-state index in [0.29, 0.717) is 0 Å². The Labute approximate surface area is 167 Å². The lowest BCUT2D eigenvalue weighted by atomic mass is 9.98. The first-order valence-electron chi connectivity index (χ1n) is 8.75. The fourth-order valence-corrected chi connectivity index (χ4v) is 3.45. The first kappa shape index (κ1) is 19.6. The van der Waals surface area contributed by atoms with Gasteiger partial charge in [0.25, 0.3) is 5.56 Å². The highest BCUT2D eigenvalue weighted by molar-refractivity contribution is 8.00. The minimum absolute atomic E-state index is 0.189. The topological polar surface area (TPSA) is 103 Å². The predicted octanol–water partition coefficient (Wildman–Crippen LogP) is 2.05. The molecule has 1 atom stereocenters. The summed E-state index contributed by atoms with van der Waals surface area (Å²) in [6.45, 7) is 3.27. The molecule has 0 spiro atoms. The Balaban J connectivity index is 1.80. The Morgan fingerprint density at radius 2 is 1.57 bits per heavy atom. The van der Waals surface area contributed by atoms with Gasteiger partial charge in [-0.1, -0.05) is 72.4 Å². The van der Waals surface area contributed by atoms with Crippen LogP contribution in [0.3, 0.4) is 0 Å². The highest BCUT2D eigenvalue weighted by Gasteiger charge is 2.23. The number of carbonyl (C=O) groups is 1. The molecule has 1 amide bonds. The number of carbonyl (C=O) groups excluding carboxylic acids is 1. The zero-order chi connectivity index (χ0) is 20.1. The number of amides is 1. The van der Waals surface area contributed by atoms with Crippen molar-refractivity contribution in [1.82, 2.24) is 20.2 Å². The molecule has 2 aromatic carbocycles. The lowest BCUT2D eigenvalue weighted by Crippen LogP contribution is -2.37. The highest BCUT2D eigenvalue weighted by atomic mass is 32.2. The van der Waals surface area contributed by atoms with Gasteiger partial charge in [-0.05, 0) is 25.0 Å². The van der Waals surface area contributed by atoms with Crippen LogP contribution in [-0.4, -0.2) is 26.0 Å². The number of aromatic nitrogens is 3. The zero-order valence-corrected chi connectivity index (χ0v) is 16.4. The first-order chi connectivity index (χ1) is 13.5. The standard InChI is InChI=1S/C20H21N5O2S/c1-13-19(27)25(21)20(24-23-13)28-14(2)18(26)22-17(15-9-5-3-6-10-15)16-11-7-4-8-12-16/h3-12,14,17H,21H2,1-2H3,(H,22,26)/t14-/m1/s1. The summed E-state index contributed by atoms with van der Waals surface area (Å²) in [6, 6.07) is 19.2. The average molecular weight is 395 g/mol. The van der Waals surface area contributed by atoms with Gasteiger partial charge in [0.1, 0.15) is 5.69 Å². The second kappa shape index (κ2) is 8.71. The van der Waals surface area contributed by atoms with Crippen LogP contribution in [0.4, 0.5) is 0 Å². The highest BCUT2D eigenvalue weighted by Crippen LogP contribution is 2.24. The molecule has 0 radical (unpaired) electrons. The van der Waals surface area contributed by atoms with Crippen molar-refractivity contribution in [2.24, 2.45) is 0 Å². The summed E-state index contributed by atoms with van der Waals surface area (Å²) in [5.41, 5.74) is 1.73. The summed E-state index contributed by atoms with van der Waals surface area (Å²) in [6.07, 6.45) is 0. The van der Waals surface area contributed by atoms with Crippen LogP contribution >= 0.6 is 11.8 Å². The molecule has 0 bridgehead atoms. The van der Waals surface area contributed by atoms with E-state index in [4.69, 9.17) is 5.84 Å². The molecule has 1 aromatic heterocycles. The second-order valence-electron chi connectivity index (χ2n) is 6.27. The SMILES string of the molecule is Cc1nnc(S[C@H](C)C(=O)NC(c2ccccc2)c2ccccc2)n(N)c1=O. The van der Waals surface area contributed by atoms with Gasteiger partial charge < -0.3 is 11.2 Å². The maximum absolute atomic E-state index is 12.9. The van der Waals surface area contributed by atoms with E-state index in [1.807, 2.05) is 60.7 Å². The number of nitrogens with zero attached hydrogens (tertiary/aromatic N) is 3. The Kier molecular flexibility index (Phi) is 6.10. The Hall–Kier alpha value is -3.13. The molecule has 0 aliphatic rings. The van der Waals surface area contributed by atoms with E-state index in [9.17, 15) is 9.59 Å². The lowest BCUT2D eigenvalue weighted by Gasteiger charge is -2.22. The number of rotatable bonds is 6. The van der Waals surface area contributed by atoms with Crippen molar-refractivity contribution in [2.45, 2.75) is 30.3 Å². The monoisotopic (exact) mass is 395 g/mol. The van der Waals surface area contributed by atoms with Gasteiger partial charge in [-0.15, -0.1) is 10.2 Å². The molecule has 8 heteroatoms. The van der Waals surface area contributed by atoms with E-state index >= 15 is 0 Å². The maximum Gasteiger partial charge on any atom is 0.294 e. The van der Waals surface area contributed by atoms with Crippen LogP contribution in [0, 0.1) is 6.92 Å². The van der Waals surface area contributed by atoms with Crippen LogP contribution in [0.5, 0.6) is 0 Å². The quantitative estimate of drug-likeness (QED) is 0.489. The summed E-state index contributed by atoms with van der Waals surface area (Å²) in [7, 11) is 0. The van der Waals surface area contributed by atoms with Crippen molar-refractivity contribution in [2.75, 3.05) is 5.84 Å². The zero-order valence-electron chi connectivity index (χ0n) is 15.6. The van der Waals surface area contributed by atoms with Crippen LogP contribution in [0.25, 0.3) is 0 Å². The Morgan fingerprint density at radius 1 is 1.04 bits per heavy atom. The Morgan fingerprint density at radius 3 is 2.11 bits per heavy atom. The molecule has 0 saturated heterocycles. The predicted molar refractivity (Wildman–Crippen MR) is 109 cm³/mol. The third kappa shape index (κ3) is 4.40. The molecule has 0 aliphatic carbocycles. The largest absolute Gasteiger partial charge is 0.344 e. The van der Waals surface area contributed by atoms with Crippen molar-refractivity contribution in [3.63, 3.8) is 0 Å². The molecule has 28 heavy (non-hydrogen) atoms. The summed E-state index contributed by atoms with van der Waals surface area (Å²) in [4.78, 5) is 24.8. The molecule has 0 unspecified atom stereocenters. The number of aryl methyl sites for hydroxylation is 1. The molecule has 144 valence electrons. The lowest BCUT2D eigenvalue weighted by molar-refractivity contribution is -0.120. The van der Waals surface area contributed by atoms with Crippen LogP contribution in [0.15, 0.2) is 70.6 Å². The van der Waals surface area contributed by atoms with Crippen molar-refractivity contribution >= 4 is 17.7 Å². The third-order valence-corrected chi connectivity index (χ3v) is 5.28. The average Bonchev–Trinajstić information content (AvgIpc) is 2.73. The fourth-order valence-electron chi connectivity index (χ4n) is 2.67. The van der Waals surface area contributed by atoms with Crippen LogP contribution in [0.1, 0.15) is 29.8 Å². The van der Waals surface area contributed by atoms with Gasteiger partial charge in [0.15, 0.2) is 0 Å². The second-order valence-corrected chi connectivity index (χ2v) is 7.57. The van der Waals surface area contributed by atoms with Crippen LogP contribution in [0.2, 0.25) is 0 Å². The van der Waals surface area contributed by atoms with E-state index in [1.54, 1.807) is 6.92 Å². The van der Waals surface area contributed by atoms with Crippen molar-refractivity contribution in [3.05, 3.63) is 87.8 Å². The molecule has 3 rings (SSSR count). The summed E-state index contributed by atoms with van der Waals surface area (Å²) in [5, 5.41) is 10.5. The van der Waals surface area contributed by atoms with Gasteiger partial charge >= 0.3 is 0 Å². The summed E-state index contributed by atoms with van der Waals surface area (Å²) < 4.78 is 0.919. The van der Waals surface area contributed by atoms with Crippen LogP contribution < -0.4 is 16.7 Å². The van der Waals surface area contributed by atoms with Crippen molar-refractivity contribution < 1.29 is 4.79 Å². The molecular weight excluding hydrogens is 374 g/mol. The maximum atomic E-state index is 12.9. The van der Waals surface area contributed by atoms with Gasteiger partial charge in [-0.2, -0.15) is 4.68 Å². The molecule has 3 aromatic rings. The number of hydrogen-bond acceptors (Lipinski definition) is 6. The molecule has 7 nitrogen and oxygen atoms in total. The van der Waals surface area contributed by atoms with E-state index in [-0.39, 0.29) is 22.8 Å². The van der Waals surface area contributed by atoms with Gasteiger partial charge in [0, 0.05) is 0 Å². The number of benzene rings is 2. The summed E-state index contributed by atoms with van der Waals surface area (Å²) in [5.74, 6) is 5.57. The van der Waals surface area contributed by atoms with E-state index in [2.05, 4.69) is 15.5 Å². The number of nitrogens with one attached hydrogen (secondary N) is 1.